The summed E-state index contributed by atoms with van der Waals surface area (Å²) in [6.07, 6.45) is 12.3. The van der Waals surface area contributed by atoms with Crippen molar-refractivity contribution in [3.05, 3.63) is 107 Å². The van der Waals surface area contributed by atoms with Crippen LogP contribution in [0.1, 0.15) is 105 Å². The summed E-state index contributed by atoms with van der Waals surface area (Å²) < 4.78 is 46.7. The largest absolute Gasteiger partial charge is 0.748 e. The number of ether oxygens (including phenoxy) is 1. The van der Waals surface area contributed by atoms with Crippen molar-refractivity contribution in [3.8, 4) is 0 Å². The lowest BCUT2D eigenvalue weighted by Crippen LogP contribution is -2.36. The molecule has 0 saturated carbocycles. The Morgan fingerprint density at radius 3 is 2.33 bits per heavy atom. The molecule has 11 nitrogen and oxygen atoms in total. The van der Waals surface area contributed by atoms with Crippen molar-refractivity contribution in [1.82, 2.24) is 4.90 Å². The van der Waals surface area contributed by atoms with E-state index in [4.69, 9.17) is 4.74 Å². The molecule has 310 valence electrons. The lowest BCUT2D eigenvalue weighted by molar-refractivity contribution is -0.777. The van der Waals surface area contributed by atoms with Gasteiger partial charge in [-0.2, -0.15) is 8.91 Å². The number of likely N-dealkylation sites (N-methyl/N-ethyl adjacent to an activating group) is 1. The van der Waals surface area contributed by atoms with E-state index in [9.17, 15) is 23.0 Å². The number of amides is 1. The summed E-state index contributed by atoms with van der Waals surface area (Å²) in [5.74, 6) is 0.253. The molecule has 2 aliphatic heterocycles. The zero-order chi connectivity index (χ0) is 41.6. The van der Waals surface area contributed by atoms with Crippen LogP contribution in [0.4, 0.5) is 16.2 Å². The Morgan fingerprint density at radius 2 is 1.65 bits per heavy atom. The lowest BCUT2D eigenvalue weighted by Gasteiger charge is -2.29. The van der Waals surface area contributed by atoms with Crippen molar-refractivity contribution >= 4 is 45.3 Å². The summed E-state index contributed by atoms with van der Waals surface area (Å²) in [6, 6.07) is 16.7. The molecule has 5 rings (SSSR count). The third kappa shape index (κ3) is 10.5. The smallest absolute Gasteiger partial charge is 0.414 e. The number of para-hydroxylation sites is 2. The molecule has 3 aliphatic rings. The van der Waals surface area contributed by atoms with E-state index in [1.54, 1.807) is 4.90 Å². The number of hydrogen-bond acceptors (Lipinski definition) is 10. The molecule has 1 amide bonds. The predicted octanol–water partition coefficient (Wildman–Crippen LogP) is 8.51. The first-order valence-corrected chi connectivity index (χ1v) is 22.4. The Labute approximate surface area is 343 Å². The van der Waals surface area contributed by atoms with Crippen LogP contribution in [-0.2, 0) is 35.1 Å². The Kier molecular flexibility index (Phi) is 14.4. The van der Waals surface area contributed by atoms with E-state index in [1.165, 1.54) is 16.8 Å². The van der Waals surface area contributed by atoms with Gasteiger partial charge < -0.3 is 19.4 Å². The highest BCUT2D eigenvalue weighted by Crippen LogP contribution is 2.48. The van der Waals surface area contributed by atoms with Crippen LogP contribution in [0.3, 0.4) is 0 Å². The van der Waals surface area contributed by atoms with Crippen molar-refractivity contribution in [3.63, 3.8) is 0 Å². The molecular formula is C44H58N3O8S2-. The third-order valence-corrected chi connectivity index (χ3v) is 12.3. The van der Waals surface area contributed by atoms with Gasteiger partial charge in [-0.25, -0.2) is 13.2 Å². The Hall–Kier alpha value is -3.72. The van der Waals surface area contributed by atoms with E-state index in [1.807, 2.05) is 39.8 Å². The van der Waals surface area contributed by atoms with Crippen LogP contribution in [0.5, 0.6) is 0 Å². The molecule has 0 spiro atoms. The summed E-state index contributed by atoms with van der Waals surface area (Å²) >= 11 is 1.01. The Balaban J connectivity index is 1.57. The van der Waals surface area contributed by atoms with Gasteiger partial charge in [0.1, 0.15) is 12.1 Å². The van der Waals surface area contributed by atoms with Crippen LogP contribution in [0.25, 0.3) is 0 Å². The summed E-state index contributed by atoms with van der Waals surface area (Å²) in [5.41, 5.74) is 8.49. The average molecular weight is 821 g/mol. The van der Waals surface area contributed by atoms with Gasteiger partial charge in [0.15, 0.2) is 5.71 Å². The molecule has 0 fully saturated rings. The van der Waals surface area contributed by atoms with Gasteiger partial charge in [-0.15, -0.1) is 0 Å². The van der Waals surface area contributed by atoms with Crippen molar-refractivity contribution < 1.29 is 41.7 Å². The molecule has 13 heteroatoms. The van der Waals surface area contributed by atoms with Crippen molar-refractivity contribution in [2.75, 3.05) is 36.0 Å². The van der Waals surface area contributed by atoms with Crippen LogP contribution < -0.4 is 10.2 Å². The number of nitrogens with zero attached hydrogens (tertiary/aromatic N) is 3. The molecule has 0 radical (unpaired) electrons. The van der Waals surface area contributed by atoms with Crippen molar-refractivity contribution in [2.24, 2.45) is 0 Å². The van der Waals surface area contributed by atoms with Gasteiger partial charge in [-0.3, -0.25) is 9.94 Å². The van der Waals surface area contributed by atoms with Gasteiger partial charge in [-0.05, 0) is 102 Å². The fourth-order valence-electron chi connectivity index (χ4n) is 8.24. The molecule has 1 aliphatic carbocycles. The number of benzene rings is 2. The van der Waals surface area contributed by atoms with Gasteiger partial charge in [0.25, 0.3) is 0 Å². The standard InChI is InChI=1S/C44H59N3O8S2/c1-9-45(41(48)53-42(2,3)4)40-32(24-26-38-43(5,6)34-18-10-12-20-36(34)46(38)28-14-16-30-56-55-54-49)22-23-33(40)25-27-39-44(7,8)35-19-11-13-21-37(35)47(39)29-15-17-31-57(50,51)52/h10-13,18-21,24-27H,9,14-17,22-23,28-31H2,1-8H3,(H-,49,50,51,52)/p-1. The van der Waals surface area contributed by atoms with E-state index in [2.05, 4.69) is 107 Å². The fourth-order valence-corrected chi connectivity index (χ4v) is 9.22. The molecule has 0 atom stereocenters. The molecule has 0 bridgehead atoms. The lowest BCUT2D eigenvalue weighted by atomic mass is 9.81. The fraction of sp³-hybridized carbons (Fsp3) is 0.500. The molecule has 0 N–H and O–H groups in total. The van der Waals surface area contributed by atoms with Gasteiger partial charge in [0.05, 0.1) is 21.2 Å². The van der Waals surface area contributed by atoms with Crippen LogP contribution >= 0.6 is 12.0 Å². The maximum atomic E-state index is 13.9. The highest BCUT2D eigenvalue weighted by atomic mass is 32.2. The average Bonchev–Trinajstić information content (AvgIpc) is 3.70. The molecule has 0 saturated heterocycles. The number of unbranched alkanes of at least 4 members (excludes halogenated alkanes) is 2. The zero-order valence-corrected chi connectivity index (χ0v) is 36.3. The predicted molar refractivity (Wildman–Crippen MR) is 224 cm³/mol. The molecule has 57 heavy (non-hydrogen) atoms. The number of fused-ring (bicyclic) bond motifs is 2. The zero-order valence-electron chi connectivity index (χ0n) is 34.6. The van der Waals surface area contributed by atoms with E-state index in [0.717, 1.165) is 78.2 Å². The van der Waals surface area contributed by atoms with Gasteiger partial charge in [-0.1, -0.05) is 62.4 Å². The minimum atomic E-state index is -4.29. The molecule has 2 aromatic carbocycles. The quantitative estimate of drug-likeness (QED) is 0.0382. The maximum Gasteiger partial charge on any atom is 0.414 e. The summed E-state index contributed by atoms with van der Waals surface area (Å²) in [4.78, 5) is 18.0. The van der Waals surface area contributed by atoms with Crippen LogP contribution in [0, 0.1) is 0 Å². The Morgan fingerprint density at radius 1 is 0.947 bits per heavy atom. The van der Waals surface area contributed by atoms with Crippen LogP contribution in [0.2, 0.25) is 0 Å². The second kappa shape index (κ2) is 18.5. The molecule has 2 heterocycles. The van der Waals surface area contributed by atoms with Crippen LogP contribution in [-0.4, -0.2) is 71.0 Å². The molecular weight excluding hydrogens is 763 g/mol. The van der Waals surface area contributed by atoms with E-state index in [0.29, 0.717) is 25.3 Å². The summed E-state index contributed by atoms with van der Waals surface area (Å²) in [5, 5.41) is 13.7. The highest BCUT2D eigenvalue weighted by molar-refractivity contribution is 7.94. The second-order valence-electron chi connectivity index (χ2n) is 16.8. The van der Waals surface area contributed by atoms with Gasteiger partial charge >= 0.3 is 6.09 Å². The first-order valence-electron chi connectivity index (χ1n) is 19.9. The second-order valence-corrected chi connectivity index (χ2v) is 19.1. The normalized spacial score (nSPS) is 19.0. The highest BCUT2D eigenvalue weighted by Gasteiger charge is 2.44. The van der Waals surface area contributed by atoms with E-state index < -0.39 is 21.8 Å². The number of allylic oxidation sites excluding steroid dienone is 7. The number of rotatable bonds is 17. The minimum absolute atomic E-state index is 0.274. The number of carbonyl (C=O) groups is 1. The minimum Gasteiger partial charge on any atom is -0.748 e. The maximum absolute atomic E-state index is 13.9. The van der Waals surface area contributed by atoms with Gasteiger partial charge in [0, 0.05) is 77.6 Å². The van der Waals surface area contributed by atoms with E-state index >= 15 is 0 Å². The molecule has 0 unspecified atom stereocenters. The van der Waals surface area contributed by atoms with Crippen LogP contribution in [0.15, 0.2) is 95.4 Å². The van der Waals surface area contributed by atoms with Gasteiger partial charge in [0.2, 0.25) is 5.69 Å². The molecule has 0 aromatic heterocycles. The monoisotopic (exact) mass is 820 g/mol. The number of anilines is 1. The number of carbonyl (C=O) groups excluding carboxylic acids is 1. The SMILES string of the molecule is CCN(C(=O)OC(C)(C)C)C1=C(/C=C/C2=[N+](CCCCS(=O)(=O)[O-])c3ccccc3C2(C)C)CC/C1=C\C=C1\N(CCCCSOO[O-])c2ccccc2C1(C)C. The first kappa shape index (κ1) is 44.4. The third-order valence-electron chi connectivity index (χ3n) is 10.9. The number of hydrogen-bond donors (Lipinski definition) is 0. The summed E-state index contributed by atoms with van der Waals surface area (Å²) in [6.45, 7) is 18.2. The Bertz CT molecular complexity index is 2060. The van der Waals surface area contributed by atoms with Crippen molar-refractivity contribution in [1.29, 1.82) is 0 Å². The first-order chi connectivity index (χ1) is 26.9. The summed E-state index contributed by atoms with van der Waals surface area (Å²) in [7, 11) is -4.29. The van der Waals surface area contributed by atoms with E-state index in [-0.39, 0.29) is 23.0 Å². The van der Waals surface area contributed by atoms with Crippen molar-refractivity contribution in [2.45, 2.75) is 110 Å². The molecule has 2 aromatic rings. The topological polar surface area (TPSA) is 135 Å².